The molecular weight excluding hydrogens is 431 g/mol. The fourth-order valence-electron chi connectivity index (χ4n) is 3.87. The Hall–Kier alpha value is -3.08. The third kappa shape index (κ3) is 3.85. The van der Waals surface area contributed by atoms with Crippen LogP contribution in [0.15, 0.2) is 72.8 Å². The highest BCUT2D eigenvalue weighted by Crippen LogP contribution is 2.40. The number of ether oxygens (including phenoxy) is 2. The van der Waals surface area contributed by atoms with Crippen molar-refractivity contribution in [1.29, 1.82) is 0 Å². The first kappa shape index (κ1) is 19.9. The molecule has 1 heterocycles. The summed E-state index contributed by atoms with van der Waals surface area (Å²) in [5.41, 5.74) is 4.11. The molecule has 6 heteroatoms. The van der Waals surface area contributed by atoms with Crippen molar-refractivity contribution in [3.8, 4) is 11.5 Å². The number of rotatable bonds is 5. The number of hydrogen-bond acceptors (Lipinski definition) is 4. The molecule has 31 heavy (non-hydrogen) atoms. The summed E-state index contributed by atoms with van der Waals surface area (Å²) in [5.74, 6) is 1.30. The van der Waals surface area contributed by atoms with Gasteiger partial charge in [0.25, 0.3) is 0 Å². The highest BCUT2D eigenvalue weighted by atomic mass is 35.5. The number of nitrogens with one attached hydrogen (secondary N) is 2. The maximum atomic E-state index is 6.26. The number of halogens is 2. The van der Waals surface area contributed by atoms with Crippen molar-refractivity contribution in [2.45, 2.75) is 12.8 Å². The topological polar surface area (TPSA) is 42.5 Å². The normalized spacial score (nSPS) is 12.9. The lowest BCUT2D eigenvalue weighted by atomic mass is 10.0. The van der Waals surface area contributed by atoms with Crippen LogP contribution < -0.4 is 20.1 Å². The smallest absolute Gasteiger partial charge is 0.161 e. The summed E-state index contributed by atoms with van der Waals surface area (Å²) >= 11 is 12.2. The van der Waals surface area contributed by atoms with Gasteiger partial charge in [-0.15, -0.1) is 0 Å². The van der Waals surface area contributed by atoms with E-state index in [1.54, 1.807) is 19.2 Å². The largest absolute Gasteiger partial charge is 0.493 e. The van der Waals surface area contributed by atoms with Crippen LogP contribution in [-0.2, 0) is 6.61 Å². The first-order chi connectivity index (χ1) is 15.1. The molecule has 0 radical (unpaired) electrons. The molecule has 0 aromatic heterocycles. The van der Waals surface area contributed by atoms with Crippen LogP contribution in [0.25, 0.3) is 10.8 Å². The Balaban J connectivity index is 1.39. The molecule has 0 saturated heterocycles. The van der Waals surface area contributed by atoms with Gasteiger partial charge in [0.2, 0.25) is 0 Å². The summed E-state index contributed by atoms with van der Waals surface area (Å²) in [6, 6.07) is 23.9. The van der Waals surface area contributed by atoms with Crippen LogP contribution in [0.1, 0.15) is 17.3 Å². The third-order valence-electron chi connectivity index (χ3n) is 5.42. The zero-order valence-corrected chi connectivity index (χ0v) is 18.3. The van der Waals surface area contributed by atoms with E-state index in [0.717, 1.165) is 22.5 Å². The molecule has 5 rings (SSSR count). The van der Waals surface area contributed by atoms with Gasteiger partial charge in [-0.2, -0.15) is 0 Å². The lowest BCUT2D eigenvalue weighted by Gasteiger charge is -2.30. The molecule has 0 amide bonds. The molecule has 0 saturated carbocycles. The van der Waals surface area contributed by atoms with E-state index in [4.69, 9.17) is 32.7 Å². The van der Waals surface area contributed by atoms with Crippen LogP contribution in [0.5, 0.6) is 11.5 Å². The first-order valence-corrected chi connectivity index (χ1v) is 10.7. The molecule has 0 spiro atoms. The van der Waals surface area contributed by atoms with Crippen LogP contribution in [0.2, 0.25) is 10.0 Å². The van der Waals surface area contributed by atoms with Crippen molar-refractivity contribution < 1.29 is 9.47 Å². The average Bonchev–Trinajstić information content (AvgIpc) is 2.79. The van der Waals surface area contributed by atoms with Crippen molar-refractivity contribution in [3.05, 3.63) is 94.0 Å². The van der Waals surface area contributed by atoms with E-state index in [0.29, 0.717) is 28.2 Å². The molecule has 4 nitrogen and oxygen atoms in total. The average molecular weight is 451 g/mol. The van der Waals surface area contributed by atoms with E-state index in [1.807, 2.05) is 24.3 Å². The van der Waals surface area contributed by atoms with Gasteiger partial charge in [-0.05, 0) is 47.3 Å². The standard InChI is InChI=1S/C25H20Cl2N2O2/c1-30-23-12-16(9-11-22(23)31-14-17-8-10-18(26)13-19(17)27)25-28-20-6-2-4-15-5-3-7-21(29-25)24(15)20/h2-13,25,28-29H,14H2,1H3. The van der Waals surface area contributed by atoms with Gasteiger partial charge in [0.05, 0.1) is 7.11 Å². The zero-order valence-electron chi connectivity index (χ0n) is 16.8. The van der Waals surface area contributed by atoms with Gasteiger partial charge in [0.15, 0.2) is 11.5 Å². The minimum Gasteiger partial charge on any atom is -0.493 e. The van der Waals surface area contributed by atoms with Crippen LogP contribution in [-0.4, -0.2) is 7.11 Å². The zero-order chi connectivity index (χ0) is 21.4. The van der Waals surface area contributed by atoms with Crippen LogP contribution in [0, 0.1) is 0 Å². The van der Waals surface area contributed by atoms with Crippen molar-refractivity contribution >= 4 is 45.3 Å². The molecule has 0 unspecified atom stereocenters. The van der Waals surface area contributed by atoms with E-state index in [-0.39, 0.29) is 6.17 Å². The Morgan fingerprint density at radius 1 is 0.839 bits per heavy atom. The number of methoxy groups -OCH3 is 1. The summed E-state index contributed by atoms with van der Waals surface area (Å²) in [6.45, 7) is 0.320. The van der Waals surface area contributed by atoms with Gasteiger partial charge in [-0.1, -0.05) is 59.6 Å². The van der Waals surface area contributed by atoms with E-state index < -0.39 is 0 Å². The molecule has 156 valence electrons. The van der Waals surface area contributed by atoms with Crippen molar-refractivity contribution in [2.75, 3.05) is 17.7 Å². The number of hydrogen-bond donors (Lipinski definition) is 2. The quantitative estimate of drug-likeness (QED) is 0.335. The van der Waals surface area contributed by atoms with E-state index in [2.05, 4.69) is 47.0 Å². The van der Waals surface area contributed by atoms with Gasteiger partial charge < -0.3 is 20.1 Å². The second kappa shape index (κ2) is 8.22. The minimum atomic E-state index is -0.0887. The molecule has 0 aliphatic carbocycles. The first-order valence-electron chi connectivity index (χ1n) is 9.92. The van der Waals surface area contributed by atoms with Gasteiger partial charge in [0, 0.05) is 32.4 Å². The summed E-state index contributed by atoms with van der Waals surface area (Å²) in [4.78, 5) is 0. The molecule has 0 bridgehead atoms. The van der Waals surface area contributed by atoms with Crippen molar-refractivity contribution in [3.63, 3.8) is 0 Å². The SMILES string of the molecule is COc1cc(C2Nc3cccc4cccc(c34)N2)ccc1OCc1ccc(Cl)cc1Cl. The Morgan fingerprint density at radius 2 is 1.58 bits per heavy atom. The van der Waals surface area contributed by atoms with E-state index in [9.17, 15) is 0 Å². The third-order valence-corrected chi connectivity index (χ3v) is 6.01. The molecule has 0 atom stereocenters. The highest BCUT2D eigenvalue weighted by Gasteiger charge is 2.21. The Bertz CT molecular complexity index is 1240. The predicted molar refractivity (Wildman–Crippen MR) is 128 cm³/mol. The Labute approximate surface area is 190 Å². The maximum absolute atomic E-state index is 6.26. The second-order valence-corrected chi connectivity index (χ2v) is 8.21. The summed E-state index contributed by atoms with van der Waals surface area (Å²) in [5, 5.41) is 10.7. The predicted octanol–water partition coefficient (Wildman–Crippen LogP) is 7.27. The monoisotopic (exact) mass is 450 g/mol. The molecule has 1 aliphatic heterocycles. The van der Waals surface area contributed by atoms with Crippen molar-refractivity contribution in [1.82, 2.24) is 0 Å². The number of anilines is 2. The second-order valence-electron chi connectivity index (χ2n) is 7.37. The van der Waals surface area contributed by atoms with Crippen LogP contribution in [0.4, 0.5) is 11.4 Å². The van der Waals surface area contributed by atoms with E-state index >= 15 is 0 Å². The minimum absolute atomic E-state index is 0.0887. The fourth-order valence-corrected chi connectivity index (χ4v) is 4.34. The molecular formula is C25H20Cl2N2O2. The summed E-state index contributed by atoms with van der Waals surface area (Å²) < 4.78 is 11.6. The molecule has 4 aromatic carbocycles. The van der Waals surface area contributed by atoms with Gasteiger partial charge in [0.1, 0.15) is 12.8 Å². The lowest BCUT2D eigenvalue weighted by molar-refractivity contribution is 0.284. The van der Waals surface area contributed by atoms with Gasteiger partial charge >= 0.3 is 0 Å². The van der Waals surface area contributed by atoms with Gasteiger partial charge in [-0.25, -0.2) is 0 Å². The Kier molecular flexibility index (Phi) is 5.26. The molecule has 2 N–H and O–H groups in total. The van der Waals surface area contributed by atoms with Crippen LogP contribution >= 0.6 is 23.2 Å². The summed E-state index contributed by atoms with van der Waals surface area (Å²) in [6.07, 6.45) is -0.0887. The van der Waals surface area contributed by atoms with Crippen LogP contribution in [0.3, 0.4) is 0 Å². The Morgan fingerprint density at radius 3 is 2.26 bits per heavy atom. The van der Waals surface area contributed by atoms with E-state index in [1.165, 1.54) is 10.8 Å². The molecule has 1 aliphatic rings. The fraction of sp³-hybridized carbons (Fsp3) is 0.120. The highest BCUT2D eigenvalue weighted by molar-refractivity contribution is 6.35. The number of benzene rings is 4. The molecule has 0 fully saturated rings. The lowest BCUT2D eigenvalue weighted by Crippen LogP contribution is -2.23. The summed E-state index contributed by atoms with van der Waals surface area (Å²) in [7, 11) is 1.64. The maximum Gasteiger partial charge on any atom is 0.161 e. The molecule has 4 aromatic rings. The van der Waals surface area contributed by atoms with Crippen molar-refractivity contribution in [2.24, 2.45) is 0 Å². The van der Waals surface area contributed by atoms with Gasteiger partial charge in [-0.3, -0.25) is 0 Å².